The van der Waals surface area contributed by atoms with Gasteiger partial charge in [-0.3, -0.25) is 0 Å². The van der Waals surface area contributed by atoms with Crippen molar-refractivity contribution in [3.05, 3.63) is 0 Å². The topological polar surface area (TPSA) is 0 Å². The van der Waals surface area contributed by atoms with Gasteiger partial charge in [-0.05, 0) is 0 Å². The van der Waals surface area contributed by atoms with Crippen molar-refractivity contribution in [2.45, 2.75) is 0 Å². The molecule has 0 aliphatic rings. The van der Waals surface area contributed by atoms with Crippen molar-refractivity contribution >= 4 is 37.7 Å². The Morgan fingerprint density at radius 1 is 0.750 bits per heavy atom. The fourth-order valence-corrected chi connectivity index (χ4v) is 0. The summed E-state index contributed by atoms with van der Waals surface area (Å²) in [5.41, 5.74) is 0. The summed E-state index contributed by atoms with van der Waals surface area (Å²) in [6, 6.07) is 0. The maximum Gasteiger partial charge on any atom is 2.00 e. The van der Waals surface area contributed by atoms with Gasteiger partial charge >= 0.3 is 107 Å². The molecule has 0 radical (unpaired) electrons. The molecule has 0 saturated heterocycles. The van der Waals surface area contributed by atoms with E-state index in [1.54, 1.807) is 0 Å². The molecule has 0 aromatic rings. The molecule has 0 aliphatic heterocycles. The largest absolute Gasteiger partial charge is 2.00 e. The molecular weight excluding hydrogens is 244 g/mol. The molecule has 0 spiro atoms. The van der Waals surface area contributed by atoms with Gasteiger partial charge in [-0.25, -0.2) is 0 Å². The van der Waals surface area contributed by atoms with E-state index in [-0.39, 0.29) is 131 Å². The Balaban J connectivity index is 0. The summed E-state index contributed by atoms with van der Waals surface area (Å²) in [7, 11) is 0. The number of halogens is 2. The first-order valence-corrected chi connectivity index (χ1v) is 0. The van der Waals surface area contributed by atoms with Crippen molar-refractivity contribution in [3.63, 3.8) is 0 Å². The van der Waals surface area contributed by atoms with Gasteiger partial charge in [0.1, 0.15) is 0 Å². The SMILES string of the molecule is [Ca+2].[Cl-].[Cl-].[Cs+]. The number of rotatable bonds is 0. The molecule has 0 aromatic heterocycles. The van der Waals surface area contributed by atoms with Crippen molar-refractivity contribution in [2.75, 3.05) is 0 Å². The van der Waals surface area contributed by atoms with E-state index < -0.39 is 0 Å². The van der Waals surface area contributed by atoms with Crippen LogP contribution in [0.3, 0.4) is 0 Å². The molecule has 0 atom stereocenters. The molecule has 0 heterocycles. The molecular formula is CaCl2Cs+. The maximum atomic E-state index is 0. The zero-order valence-corrected chi connectivity index (χ0v) is 12.5. The maximum absolute atomic E-state index is 0. The molecule has 0 bridgehead atoms. The van der Waals surface area contributed by atoms with Gasteiger partial charge in [-0.2, -0.15) is 0 Å². The van der Waals surface area contributed by atoms with E-state index in [9.17, 15) is 0 Å². The van der Waals surface area contributed by atoms with Gasteiger partial charge in [0.05, 0.1) is 0 Å². The molecule has 0 N–H and O–H groups in total. The standard InChI is InChI=1S/Ca.2ClH.Cs/h;2*1H;/q+2;;;+1/p-2. The molecule has 4 heteroatoms. The summed E-state index contributed by atoms with van der Waals surface area (Å²) in [5, 5.41) is 0. The Morgan fingerprint density at radius 2 is 0.750 bits per heavy atom. The van der Waals surface area contributed by atoms with Crippen LogP contribution < -0.4 is 93.7 Å². The Labute approximate surface area is 127 Å². The Bertz CT molecular complexity index is 6.00. The van der Waals surface area contributed by atoms with E-state index in [0.717, 1.165) is 0 Å². The minimum absolute atomic E-state index is 0. The summed E-state index contributed by atoms with van der Waals surface area (Å²) in [6.45, 7) is 0. The third kappa shape index (κ3) is 9.31. The van der Waals surface area contributed by atoms with Crippen molar-refractivity contribution in [3.8, 4) is 0 Å². The molecule has 4 heavy (non-hydrogen) atoms. The molecule has 0 nitrogen and oxygen atoms in total. The number of hydrogen-bond acceptors (Lipinski definition) is 0. The van der Waals surface area contributed by atoms with Gasteiger partial charge < -0.3 is 24.8 Å². The Hall–Kier alpha value is 3.89. The van der Waals surface area contributed by atoms with E-state index in [2.05, 4.69) is 0 Å². The van der Waals surface area contributed by atoms with E-state index in [1.807, 2.05) is 0 Å². The van der Waals surface area contributed by atoms with Crippen molar-refractivity contribution in [1.29, 1.82) is 0 Å². The van der Waals surface area contributed by atoms with Crippen molar-refractivity contribution in [1.82, 2.24) is 0 Å². The normalized spacial score (nSPS) is 0. The quantitative estimate of drug-likeness (QED) is 0.371. The van der Waals surface area contributed by atoms with Crippen LogP contribution >= 0.6 is 0 Å². The van der Waals surface area contributed by atoms with Gasteiger partial charge in [-0.15, -0.1) is 0 Å². The molecule has 0 unspecified atom stereocenters. The Morgan fingerprint density at radius 3 is 0.750 bits per heavy atom. The van der Waals surface area contributed by atoms with Crippen molar-refractivity contribution in [2.24, 2.45) is 0 Å². The van der Waals surface area contributed by atoms with Crippen LogP contribution in [0.4, 0.5) is 0 Å². The van der Waals surface area contributed by atoms with E-state index in [0.29, 0.717) is 0 Å². The third-order valence-corrected chi connectivity index (χ3v) is 0. The first kappa shape index (κ1) is 24.7. The average Bonchev–Trinajstić information content (AvgIpc) is 0. The molecule has 0 fully saturated rings. The molecule has 0 saturated carbocycles. The summed E-state index contributed by atoms with van der Waals surface area (Å²) in [5.74, 6) is 0. The Kier molecular flexibility index (Phi) is 97.7. The minimum Gasteiger partial charge on any atom is -1.00 e. The predicted molar refractivity (Wildman–Crippen MR) is 5.75 cm³/mol. The molecule has 16 valence electrons. The van der Waals surface area contributed by atoms with E-state index in [1.165, 1.54) is 0 Å². The summed E-state index contributed by atoms with van der Waals surface area (Å²) in [4.78, 5) is 0. The van der Waals surface area contributed by atoms with Crippen LogP contribution in [0.5, 0.6) is 0 Å². The molecule has 0 amide bonds. The van der Waals surface area contributed by atoms with Gasteiger partial charge in [0.15, 0.2) is 0 Å². The molecule has 0 rings (SSSR count). The van der Waals surface area contributed by atoms with Crippen LogP contribution in [0, 0.1) is 0 Å². The van der Waals surface area contributed by atoms with Crippen LogP contribution in [0.25, 0.3) is 0 Å². The van der Waals surface area contributed by atoms with Crippen LogP contribution in [0.15, 0.2) is 0 Å². The fraction of sp³-hybridized carbons (Fsp3) is 0. The second-order valence-corrected chi connectivity index (χ2v) is 0. The summed E-state index contributed by atoms with van der Waals surface area (Å²) >= 11 is 0. The fourth-order valence-electron chi connectivity index (χ4n) is 0. The van der Waals surface area contributed by atoms with E-state index in [4.69, 9.17) is 0 Å². The van der Waals surface area contributed by atoms with Gasteiger partial charge in [0, 0.05) is 0 Å². The van der Waals surface area contributed by atoms with Crippen LogP contribution in [-0.2, 0) is 0 Å². The van der Waals surface area contributed by atoms with Crippen molar-refractivity contribution < 1.29 is 93.7 Å². The monoisotopic (exact) mass is 243 g/mol. The van der Waals surface area contributed by atoms with Gasteiger partial charge in [-0.1, -0.05) is 0 Å². The van der Waals surface area contributed by atoms with Gasteiger partial charge in [0.2, 0.25) is 0 Å². The van der Waals surface area contributed by atoms with Crippen LogP contribution in [0.1, 0.15) is 0 Å². The zero-order valence-electron chi connectivity index (χ0n) is 2.46. The third-order valence-electron chi connectivity index (χ3n) is 0. The van der Waals surface area contributed by atoms with Gasteiger partial charge in [0.25, 0.3) is 0 Å². The summed E-state index contributed by atoms with van der Waals surface area (Å²) < 4.78 is 0. The average molecular weight is 244 g/mol. The first-order chi connectivity index (χ1) is 0. The second kappa shape index (κ2) is 15.8. The minimum atomic E-state index is 0. The summed E-state index contributed by atoms with van der Waals surface area (Å²) in [6.07, 6.45) is 0. The first-order valence-electron chi connectivity index (χ1n) is 0. The molecule has 0 aliphatic carbocycles. The van der Waals surface area contributed by atoms with Crippen LogP contribution in [0.2, 0.25) is 0 Å². The van der Waals surface area contributed by atoms with Crippen LogP contribution in [-0.4, -0.2) is 37.7 Å². The number of hydrogen-bond donors (Lipinski definition) is 0. The predicted octanol–water partition coefficient (Wildman–Crippen LogP) is -9.37. The van der Waals surface area contributed by atoms with E-state index >= 15 is 0 Å². The zero-order chi connectivity index (χ0) is 0. The molecule has 0 aromatic carbocycles. The second-order valence-electron chi connectivity index (χ2n) is 0. The smallest absolute Gasteiger partial charge is 1.00 e.